The number of ether oxygens (including phenoxy) is 2. The highest BCUT2D eigenvalue weighted by molar-refractivity contribution is 9.12. The summed E-state index contributed by atoms with van der Waals surface area (Å²) in [6.45, 7) is -0.202. The van der Waals surface area contributed by atoms with Crippen molar-refractivity contribution < 1.29 is 28.6 Å². The molecule has 48 heavy (non-hydrogen) atoms. The van der Waals surface area contributed by atoms with Crippen molar-refractivity contribution in [3.05, 3.63) is 112 Å². The number of aromatic hydroxyl groups is 1. The average molecular weight is 721 g/mol. The first-order valence-corrected chi connectivity index (χ1v) is 15.7. The second kappa shape index (κ2) is 11.4. The number of rotatable bonds is 6. The number of methoxy groups -OCH3 is 2. The maximum Gasteiger partial charge on any atom is 0.347 e. The molecule has 1 aliphatic heterocycles. The minimum Gasteiger partial charge on any atom is -0.505 e. The summed E-state index contributed by atoms with van der Waals surface area (Å²) in [6.07, 6.45) is 2.77. The van der Waals surface area contributed by atoms with Gasteiger partial charge in [0.15, 0.2) is 34.6 Å². The summed E-state index contributed by atoms with van der Waals surface area (Å²) >= 11 is 3.16. The van der Waals surface area contributed by atoms with Crippen LogP contribution in [0.5, 0.6) is 17.2 Å². The van der Waals surface area contributed by atoms with Crippen molar-refractivity contribution in [2.75, 3.05) is 14.2 Å². The van der Waals surface area contributed by atoms with E-state index < -0.39 is 52.0 Å². The molecule has 0 amide bonds. The van der Waals surface area contributed by atoms with Crippen molar-refractivity contribution in [1.82, 2.24) is 23.5 Å². The Balaban J connectivity index is 1.29. The van der Waals surface area contributed by atoms with Gasteiger partial charge in [0.1, 0.15) is 5.69 Å². The third-order valence-electron chi connectivity index (χ3n) is 9.20. The molecule has 1 N–H and O–H groups in total. The molecular weight excluding hydrogens is 693 g/mol. The number of ketones is 2. The topological polar surface area (TPSA) is 157 Å². The van der Waals surface area contributed by atoms with E-state index in [9.17, 15) is 33.5 Å². The molecule has 0 fully saturated rings. The maximum atomic E-state index is 14.6. The van der Waals surface area contributed by atoms with Gasteiger partial charge in [0, 0.05) is 61.7 Å². The van der Waals surface area contributed by atoms with E-state index in [0.717, 1.165) is 16.7 Å². The minimum absolute atomic E-state index is 0.0358. The standard InChI is InChI=1S/C33H27BrFN5O8/c1-37-23-14-27(48-3)26(47-2)13-21(23)36-20(31(37)44)7-8-38-32(45)39-9-6-16-22(40(39)33(38)46)11-17-29(25(42)12-18(34)30(17)43)28(16)15-4-5-24(41)19(35)10-15/h4-6,10,12-14,22,28,41H,7-9,11H2,1-3H3. The molecule has 7 rings (SSSR count). The van der Waals surface area contributed by atoms with Crippen LogP contribution < -0.4 is 26.4 Å². The predicted molar refractivity (Wildman–Crippen MR) is 173 cm³/mol. The quantitative estimate of drug-likeness (QED) is 0.234. The van der Waals surface area contributed by atoms with Crippen LogP contribution in [0.25, 0.3) is 11.0 Å². The van der Waals surface area contributed by atoms with E-state index >= 15 is 0 Å². The van der Waals surface area contributed by atoms with Crippen LogP contribution >= 0.6 is 15.9 Å². The number of phenolic OH excluding ortho intramolecular Hbond substituents is 1. The Morgan fingerprint density at radius 2 is 1.77 bits per heavy atom. The van der Waals surface area contributed by atoms with E-state index in [-0.39, 0.29) is 47.3 Å². The molecule has 0 spiro atoms. The predicted octanol–water partition coefficient (Wildman–Crippen LogP) is 2.56. The highest BCUT2D eigenvalue weighted by atomic mass is 79.9. The van der Waals surface area contributed by atoms with Crippen molar-refractivity contribution in [2.45, 2.75) is 37.9 Å². The Morgan fingerprint density at radius 1 is 1.04 bits per heavy atom. The number of benzene rings is 2. The van der Waals surface area contributed by atoms with Crippen LogP contribution in [0.15, 0.2) is 78.1 Å². The summed E-state index contributed by atoms with van der Waals surface area (Å²) in [5.41, 5.74) is 0.515. The van der Waals surface area contributed by atoms with Crippen LogP contribution in [0.1, 0.15) is 29.6 Å². The normalized spacial score (nSPS) is 18.7. The molecule has 2 atom stereocenters. The number of Topliss-reactive ketones (excluding diaryl/α,β-unsaturated/α-hetero) is 1. The summed E-state index contributed by atoms with van der Waals surface area (Å²) in [6, 6.07) is 6.13. The van der Waals surface area contributed by atoms with Gasteiger partial charge in [0.05, 0.1) is 42.3 Å². The van der Waals surface area contributed by atoms with Gasteiger partial charge in [-0.2, -0.15) is 0 Å². The Kier molecular flexibility index (Phi) is 7.46. The molecule has 13 nitrogen and oxygen atoms in total. The highest BCUT2D eigenvalue weighted by Crippen LogP contribution is 2.50. The number of fused-ring (bicyclic) bond motifs is 4. The molecule has 3 heterocycles. The molecule has 0 radical (unpaired) electrons. The van der Waals surface area contributed by atoms with Gasteiger partial charge in [0.2, 0.25) is 0 Å². The molecule has 2 aliphatic carbocycles. The number of carbonyl (C=O) groups excluding carboxylic acids is 2. The SMILES string of the molecule is COc1cc2nc(CCn3c(=O)n4n(c3=O)C3CC5=C(C(=O)C=C(Br)C5=O)C(c5ccc(O)c(F)c5)C3=CC4)c(=O)n(C)c2cc1OC. The maximum absolute atomic E-state index is 14.6. The summed E-state index contributed by atoms with van der Waals surface area (Å²) in [7, 11) is 4.54. The van der Waals surface area contributed by atoms with Crippen molar-refractivity contribution >= 4 is 38.5 Å². The minimum atomic E-state index is -0.915. The third kappa shape index (κ3) is 4.63. The van der Waals surface area contributed by atoms with Gasteiger partial charge >= 0.3 is 11.4 Å². The summed E-state index contributed by atoms with van der Waals surface area (Å²) < 4.78 is 30.3. The van der Waals surface area contributed by atoms with Crippen LogP contribution in [0.3, 0.4) is 0 Å². The first kappa shape index (κ1) is 31.3. The van der Waals surface area contributed by atoms with E-state index in [1.54, 1.807) is 25.3 Å². The molecule has 3 aliphatic rings. The zero-order valence-electron chi connectivity index (χ0n) is 25.8. The van der Waals surface area contributed by atoms with Crippen molar-refractivity contribution in [3.8, 4) is 17.2 Å². The second-order valence-corrected chi connectivity index (χ2v) is 12.5. The lowest BCUT2D eigenvalue weighted by Gasteiger charge is -2.39. The van der Waals surface area contributed by atoms with Gasteiger partial charge in [-0.15, -0.1) is 0 Å². The fourth-order valence-electron chi connectivity index (χ4n) is 6.89. The number of hydrogen-bond acceptors (Lipinski definition) is 9. The second-order valence-electron chi connectivity index (χ2n) is 11.7. The van der Waals surface area contributed by atoms with Gasteiger partial charge in [-0.3, -0.25) is 14.4 Å². The molecular formula is C33H27BrFN5O8. The fourth-order valence-corrected chi connectivity index (χ4v) is 7.34. The van der Waals surface area contributed by atoms with Gasteiger partial charge in [-0.1, -0.05) is 12.1 Å². The molecule has 2 aromatic heterocycles. The van der Waals surface area contributed by atoms with Crippen LogP contribution in [0.4, 0.5) is 4.39 Å². The number of carbonyl (C=O) groups is 2. The smallest absolute Gasteiger partial charge is 0.347 e. The van der Waals surface area contributed by atoms with Gasteiger partial charge in [0.25, 0.3) is 5.56 Å². The van der Waals surface area contributed by atoms with E-state index in [1.807, 2.05) is 0 Å². The monoisotopic (exact) mass is 719 g/mol. The van der Waals surface area contributed by atoms with Gasteiger partial charge < -0.3 is 19.1 Å². The first-order chi connectivity index (χ1) is 22.9. The largest absolute Gasteiger partial charge is 0.505 e. The molecule has 2 unspecified atom stereocenters. The van der Waals surface area contributed by atoms with E-state index in [4.69, 9.17) is 9.47 Å². The van der Waals surface area contributed by atoms with E-state index in [1.165, 1.54) is 40.3 Å². The lowest BCUT2D eigenvalue weighted by molar-refractivity contribution is -0.115. The van der Waals surface area contributed by atoms with Crippen LogP contribution in [0.2, 0.25) is 0 Å². The Morgan fingerprint density at radius 3 is 2.48 bits per heavy atom. The Bertz CT molecular complexity index is 2400. The molecule has 2 aromatic carbocycles. The summed E-state index contributed by atoms with van der Waals surface area (Å²) in [5.74, 6) is -2.46. The number of aryl methyl sites for hydroxylation is 2. The molecule has 0 saturated carbocycles. The number of halogens is 2. The fraction of sp³-hybridized carbons (Fsp3) is 0.273. The van der Waals surface area contributed by atoms with Crippen molar-refractivity contribution in [1.29, 1.82) is 0 Å². The molecule has 246 valence electrons. The molecule has 0 bridgehead atoms. The van der Waals surface area contributed by atoms with Crippen LogP contribution in [-0.2, 0) is 36.1 Å². The average Bonchev–Trinajstić information content (AvgIpc) is 3.32. The van der Waals surface area contributed by atoms with Crippen LogP contribution in [0, 0.1) is 5.82 Å². The Labute approximate surface area is 278 Å². The lowest BCUT2D eigenvalue weighted by atomic mass is 9.69. The lowest BCUT2D eigenvalue weighted by Crippen LogP contribution is -2.40. The van der Waals surface area contributed by atoms with Crippen LogP contribution in [-0.4, -0.2) is 54.4 Å². The first-order valence-electron chi connectivity index (χ1n) is 14.9. The van der Waals surface area contributed by atoms with Gasteiger partial charge in [-0.25, -0.2) is 32.9 Å². The summed E-state index contributed by atoms with van der Waals surface area (Å²) in [4.78, 5) is 72.1. The van der Waals surface area contributed by atoms with E-state index in [0.29, 0.717) is 33.7 Å². The zero-order chi connectivity index (χ0) is 34.2. The number of aromatic nitrogens is 5. The number of hydrogen-bond donors (Lipinski definition) is 1. The summed E-state index contributed by atoms with van der Waals surface area (Å²) in [5, 5.41) is 9.84. The van der Waals surface area contributed by atoms with Crippen molar-refractivity contribution in [2.24, 2.45) is 7.05 Å². The zero-order valence-corrected chi connectivity index (χ0v) is 27.4. The molecule has 15 heteroatoms. The number of phenols is 1. The third-order valence-corrected chi connectivity index (χ3v) is 9.79. The highest BCUT2D eigenvalue weighted by Gasteiger charge is 2.45. The van der Waals surface area contributed by atoms with Gasteiger partial charge in [-0.05, 0) is 39.2 Å². The number of allylic oxidation sites excluding steroid dienone is 6. The van der Waals surface area contributed by atoms with Crippen molar-refractivity contribution in [3.63, 3.8) is 0 Å². The molecule has 0 saturated heterocycles. The molecule has 4 aromatic rings. The van der Waals surface area contributed by atoms with E-state index in [2.05, 4.69) is 20.9 Å². The Hall–Kier alpha value is -5.31. The number of nitrogens with zero attached hydrogens (tertiary/aromatic N) is 5.